The van der Waals surface area contributed by atoms with E-state index in [1.54, 1.807) is 30.3 Å². The number of nitro groups is 1. The topological polar surface area (TPSA) is 80.5 Å². The molecule has 1 aromatic carbocycles. The summed E-state index contributed by atoms with van der Waals surface area (Å²) in [4.78, 5) is 35.4. The summed E-state index contributed by atoms with van der Waals surface area (Å²) < 4.78 is -1.82. The molecular formula is C12H10Br2N2O4. The van der Waals surface area contributed by atoms with Gasteiger partial charge in [-0.05, 0) is 5.56 Å². The number of amides is 2. The van der Waals surface area contributed by atoms with Crippen LogP contribution in [0, 0.1) is 10.1 Å². The van der Waals surface area contributed by atoms with Crippen LogP contribution in [0.15, 0.2) is 30.3 Å². The van der Waals surface area contributed by atoms with Gasteiger partial charge in [0.2, 0.25) is 11.8 Å². The first-order valence-electron chi connectivity index (χ1n) is 5.78. The molecule has 1 aliphatic rings. The molecule has 0 N–H and O–H groups in total. The molecule has 0 aromatic heterocycles. The Labute approximate surface area is 131 Å². The summed E-state index contributed by atoms with van der Waals surface area (Å²) >= 11 is 5.97. The van der Waals surface area contributed by atoms with Crippen molar-refractivity contribution in [2.45, 2.75) is 22.2 Å². The number of benzene rings is 1. The number of rotatable bonds is 4. The maximum atomic E-state index is 11.9. The fraction of sp³-hybridized carbons (Fsp3) is 0.333. The molecular weight excluding hydrogens is 396 g/mol. The van der Waals surface area contributed by atoms with E-state index in [1.165, 1.54) is 0 Å². The van der Waals surface area contributed by atoms with Crippen molar-refractivity contribution < 1.29 is 14.5 Å². The second kappa shape index (κ2) is 5.61. The van der Waals surface area contributed by atoms with Crippen LogP contribution < -0.4 is 0 Å². The van der Waals surface area contributed by atoms with Gasteiger partial charge >= 0.3 is 3.36 Å². The predicted molar refractivity (Wildman–Crippen MR) is 77.8 cm³/mol. The summed E-state index contributed by atoms with van der Waals surface area (Å²) in [5.74, 6) is -0.817. The van der Waals surface area contributed by atoms with Gasteiger partial charge in [0.15, 0.2) is 6.04 Å². The molecule has 8 heteroatoms. The van der Waals surface area contributed by atoms with E-state index >= 15 is 0 Å². The van der Waals surface area contributed by atoms with Crippen LogP contribution in [-0.4, -0.2) is 25.0 Å². The summed E-state index contributed by atoms with van der Waals surface area (Å²) in [6.45, 7) is 0. The van der Waals surface area contributed by atoms with Crippen molar-refractivity contribution in [3.8, 4) is 0 Å². The van der Waals surface area contributed by atoms with Gasteiger partial charge in [0.1, 0.15) is 0 Å². The third kappa shape index (κ3) is 2.62. The lowest BCUT2D eigenvalue weighted by molar-refractivity contribution is -0.511. The number of carbonyl (C=O) groups is 2. The van der Waals surface area contributed by atoms with Crippen LogP contribution >= 0.6 is 31.9 Å². The quantitative estimate of drug-likeness (QED) is 0.253. The maximum Gasteiger partial charge on any atom is 0.351 e. The van der Waals surface area contributed by atoms with Gasteiger partial charge in [-0.15, -0.1) is 0 Å². The number of carbonyl (C=O) groups excluding carboxylic acids is 2. The fourth-order valence-corrected chi connectivity index (χ4v) is 3.06. The zero-order chi connectivity index (χ0) is 14.9. The summed E-state index contributed by atoms with van der Waals surface area (Å²) in [7, 11) is 0. The third-order valence-electron chi connectivity index (χ3n) is 3.04. The zero-order valence-electron chi connectivity index (χ0n) is 10.2. The highest BCUT2D eigenvalue weighted by molar-refractivity contribution is 9.25. The molecule has 1 heterocycles. The molecule has 6 nitrogen and oxygen atoms in total. The molecule has 1 fully saturated rings. The van der Waals surface area contributed by atoms with Gasteiger partial charge in [-0.25, -0.2) is 0 Å². The van der Waals surface area contributed by atoms with E-state index in [1.807, 2.05) is 0 Å². The number of likely N-dealkylation sites (tertiary alicyclic amines) is 1. The number of nitrogens with zero attached hydrogens (tertiary/aromatic N) is 2. The highest BCUT2D eigenvalue weighted by Crippen LogP contribution is 2.45. The van der Waals surface area contributed by atoms with E-state index in [9.17, 15) is 19.7 Å². The predicted octanol–water partition coefficient (Wildman–Crippen LogP) is 2.60. The highest BCUT2D eigenvalue weighted by atomic mass is 79.9. The Morgan fingerprint density at radius 3 is 2.10 bits per heavy atom. The van der Waals surface area contributed by atoms with Gasteiger partial charge in [0, 0.05) is 44.7 Å². The Balaban J connectivity index is 2.53. The van der Waals surface area contributed by atoms with Crippen molar-refractivity contribution in [2.24, 2.45) is 0 Å². The van der Waals surface area contributed by atoms with Crippen molar-refractivity contribution in [3.63, 3.8) is 0 Å². The Kier molecular flexibility index (Phi) is 4.24. The molecule has 2 rings (SSSR count). The Morgan fingerprint density at radius 1 is 1.15 bits per heavy atom. The lowest BCUT2D eigenvalue weighted by Crippen LogP contribution is -2.45. The van der Waals surface area contributed by atoms with E-state index in [0.717, 1.165) is 4.90 Å². The smallest absolute Gasteiger partial charge is 0.274 e. The highest BCUT2D eigenvalue weighted by Gasteiger charge is 2.54. The SMILES string of the molecule is O=C1CCC(=O)N1C(c1ccccc1)C(Br)(Br)[N+](=O)[O-]. The van der Waals surface area contributed by atoms with Crippen LogP contribution in [0.4, 0.5) is 0 Å². The van der Waals surface area contributed by atoms with E-state index in [2.05, 4.69) is 31.9 Å². The van der Waals surface area contributed by atoms with E-state index < -0.39 is 26.1 Å². The molecule has 1 saturated heterocycles. The monoisotopic (exact) mass is 404 g/mol. The van der Waals surface area contributed by atoms with Gasteiger partial charge in [-0.2, -0.15) is 0 Å². The van der Waals surface area contributed by atoms with Crippen molar-refractivity contribution in [3.05, 3.63) is 46.0 Å². The fourth-order valence-electron chi connectivity index (χ4n) is 2.12. The molecule has 0 radical (unpaired) electrons. The van der Waals surface area contributed by atoms with Crippen LogP contribution in [0.5, 0.6) is 0 Å². The summed E-state index contributed by atoms with van der Waals surface area (Å²) in [6.07, 6.45) is 0.159. The number of hydrogen-bond acceptors (Lipinski definition) is 4. The summed E-state index contributed by atoms with van der Waals surface area (Å²) in [5, 5.41) is 11.3. The second-order valence-corrected chi connectivity index (χ2v) is 7.80. The van der Waals surface area contributed by atoms with E-state index in [4.69, 9.17) is 0 Å². The normalized spacial score (nSPS) is 17.4. The zero-order valence-corrected chi connectivity index (χ0v) is 13.3. The molecule has 2 amide bonds. The molecule has 1 aromatic rings. The molecule has 106 valence electrons. The summed E-state index contributed by atoms with van der Waals surface area (Å²) in [6, 6.07) is 7.38. The molecule has 0 bridgehead atoms. The number of alkyl halides is 2. The summed E-state index contributed by atoms with van der Waals surface area (Å²) in [5.41, 5.74) is 0.501. The van der Waals surface area contributed by atoms with Crippen LogP contribution in [0.1, 0.15) is 24.4 Å². The van der Waals surface area contributed by atoms with Crippen molar-refractivity contribution >= 4 is 43.7 Å². The first-order chi connectivity index (χ1) is 9.35. The van der Waals surface area contributed by atoms with Crippen molar-refractivity contribution in [1.29, 1.82) is 0 Å². The number of halogens is 2. The molecule has 0 saturated carbocycles. The van der Waals surface area contributed by atoms with Crippen molar-refractivity contribution in [1.82, 2.24) is 4.90 Å². The van der Waals surface area contributed by atoms with E-state index in [0.29, 0.717) is 5.56 Å². The molecule has 1 atom stereocenters. The third-order valence-corrected chi connectivity index (χ3v) is 4.48. The standard InChI is InChI=1S/C12H10Br2N2O4/c13-12(14,16(19)20)11(8-4-2-1-3-5-8)15-9(17)6-7-10(15)18/h1-5,11H,6-7H2. The molecule has 0 spiro atoms. The molecule has 20 heavy (non-hydrogen) atoms. The van der Waals surface area contributed by atoms with Crippen LogP contribution in [0.3, 0.4) is 0 Å². The first-order valence-corrected chi connectivity index (χ1v) is 7.36. The van der Waals surface area contributed by atoms with Crippen molar-refractivity contribution in [2.75, 3.05) is 0 Å². The van der Waals surface area contributed by atoms with Gasteiger partial charge in [0.25, 0.3) is 0 Å². The Bertz CT molecular complexity index is 546. The van der Waals surface area contributed by atoms with Gasteiger partial charge in [-0.1, -0.05) is 30.3 Å². The molecule has 1 unspecified atom stereocenters. The van der Waals surface area contributed by atoms with Gasteiger partial charge in [-0.3, -0.25) is 24.6 Å². The largest absolute Gasteiger partial charge is 0.351 e. The minimum absolute atomic E-state index is 0.0793. The average Bonchev–Trinajstić information content (AvgIpc) is 2.72. The minimum Gasteiger partial charge on any atom is -0.274 e. The van der Waals surface area contributed by atoms with E-state index in [-0.39, 0.29) is 12.8 Å². The molecule has 1 aliphatic heterocycles. The van der Waals surface area contributed by atoms with Gasteiger partial charge in [0.05, 0.1) is 4.92 Å². The maximum absolute atomic E-state index is 11.9. The lowest BCUT2D eigenvalue weighted by Gasteiger charge is -2.30. The van der Waals surface area contributed by atoms with Crippen LogP contribution in [0.25, 0.3) is 0 Å². The first kappa shape index (κ1) is 15.1. The molecule has 0 aliphatic carbocycles. The Morgan fingerprint density at radius 2 is 1.65 bits per heavy atom. The number of hydrogen-bond donors (Lipinski definition) is 0. The van der Waals surface area contributed by atoms with Gasteiger partial charge < -0.3 is 0 Å². The average molecular weight is 406 g/mol. The minimum atomic E-state index is -1.82. The van der Waals surface area contributed by atoms with Crippen LogP contribution in [-0.2, 0) is 9.59 Å². The van der Waals surface area contributed by atoms with Crippen LogP contribution in [0.2, 0.25) is 0 Å². The number of imide groups is 1. The second-order valence-electron chi connectivity index (χ2n) is 4.32. The Hall–Kier alpha value is -1.28. The lowest BCUT2D eigenvalue weighted by atomic mass is 10.1.